The van der Waals surface area contributed by atoms with Crippen molar-refractivity contribution in [3.05, 3.63) is 0 Å². The van der Waals surface area contributed by atoms with Crippen molar-refractivity contribution in [3.8, 4) is 0 Å². The smallest absolute Gasteiger partial charge is 0.306 e. The molecule has 0 spiro atoms. The van der Waals surface area contributed by atoms with E-state index >= 15 is 0 Å². The third-order valence-corrected chi connectivity index (χ3v) is 12.1. The Morgan fingerprint density at radius 2 is 0.655 bits per heavy atom. The van der Waals surface area contributed by atoms with Crippen LogP contribution in [0.25, 0.3) is 0 Å². The predicted octanol–water partition coefficient (Wildman–Crippen LogP) is 16.5. The largest absolute Gasteiger partial charge is 0.462 e. The molecule has 0 aromatic carbocycles. The van der Waals surface area contributed by atoms with E-state index in [1.807, 2.05) is 0 Å². The second kappa shape index (κ2) is 44.9. The lowest BCUT2D eigenvalue weighted by Gasteiger charge is -2.18. The molecule has 0 aromatic heterocycles. The molecule has 1 unspecified atom stereocenters. The maximum absolute atomic E-state index is 12.8. The molecule has 0 bridgehead atoms. The number of esters is 3. The van der Waals surface area contributed by atoms with E-state index in [4.69, 9.17) is 14.2 Å². The molecule has 0 fully saturated rings. The van der Waals surface area contributed by atoms with Gasteiger partial charge in [-0.15, -0.1) is 0 Å². The minimum absolute atomic E-state index is 0.0644. The Morgan fingerprint density at radius 3 is 0.983 bits per heavy atom. The Hall–Kier alpha value is -1.59. The summed E-state index contributed by atoms with van der Waals surface area (Å²) in [5, 5.41) is 0. The molecular formula is C52H100O6. The van der Waals surface area contributed by atoms with Crippen molar-refractivity contribution in [2.75, 3.05) is 13.2 Å². The van der Waals surface area contributed by atoms with Crippen molar-refractivity contribution in [2.24, 2.45) is 11.8 Å². The summed E-state index contributed by atoms with van der Waals surface area (Å²) in [6, 6.07) is 0. The summed E-state index contributed by atoms with van der Waals surface area (Å²) in [5.41, 5.74) is 0. The summed E-state index contributed by atoms with van der Waals surface area (Å²) in [4.78, 5) is 37.9. The Labute approximate surface area is 361 Å². The van der Waals surface area contributed by atoms with Gasteiger partial charge < -0.3 is 14.2 Å². The van der Waals surface area contributed by atoms with E-state index in [0.717, 1.165) is 69.6 Å². The first-order valence-electron chi connectivity index (χ1n) is 25.8. The number of carbonyl (C=O) groups excluding carboxylic acids is 3. The van der Waals surface area contributed by atoms with Gasteiger partial charge in [0.05, 0.1) is 0 Å². The van der Waals surface area contributed by atoms with Gasteiger partial charge in [0.15, 0.2) is 6.10 Å². The third-order valence-electron chi connectivity index (χ3n) is 12.1. The van der Waals surface area contributed by atoms with Crippen molar-refractivity contribution >= 4 is 17.9 Å². The number of rotatable bonds is 46. The summed E-state index contributed by atoms with van der Waals surface area (Å²) in [6.07, 6.45) is 45.2. The highest BCUT2D eigenvalue weighted by atomic mass is 16.6. The van der Waals surface area contributed by atoms with Gasteiger partial charge >= 0.3 is 17.9 Å². The summed E-state index contributed by atoms with van der Waals surface area (Å²) in [5.74, 6) is 0.814. The number of unbranched alkanes of at least 4 members (excludes halogenated alkanes) is 30. The number of hydrogen-bond acceptors (Lipinski definition) is 6. The number of carbonyl (C=O) groups is 3. The monoisotopic (exact) mass is 821 g/mol. The standard InChI is InChI=1S/C52H100O6/c1-6-8-9-10-11-12-19-23-26-32-37-42-50(53)56-45-49(46-57-51(54)43-38-33-29-28-31-36-41-48(5)7-2)58-52(55)44-39-34-27-24-21-18-16-14-13-15-17-20-22-25-30-35-40-47(3)4/h47-49H,6-46H2,1-5H3/t48?,49-/m1/s1. The third kappa shape index (κ3) is 44.0. The summed E-state index contributed by atoms with van der Waals surface area (Å²) < 4.78 is 16.8. The molecular weight excluding hydrogens is 721 g/mol. The average Bonchev–Trinajstić information content (AvgIpc) is 3.21. The highest BCUT2D eigenvalue weighted by Crippen LogP contribution is 2.18. The molecule has 344 valence electrons. The Kier molecular flexibility index (Phi) is 43.7. The van der Waals surface area contributed by atoms with E-state index in [0.29, 0.717) is 19.3 Å². The number of ether oxygens (including phenoxy) is 3. The molecule has 0 rings (SSSR count). The summed E-state index contributed by atoms with van der Waals surface area (Å²) in [7, 11) is 0. The van der Waals surface area contributed by atoms with E-state index < -0.39 is 6.10 Å². The van der Waals surface area contributed by atoms with Gasteiger partial charge in [-0.1, -0.05) is 247 Å². The van der Waals surface area contributed by atoms with Crippen LogP contribution in [-0.2, 0) is 28.6 Å². The maximum Gasteiger partial charge on any atom is 0.306 e. The molecule has 0 saturated carbocycles. The zero-order valence-electron chi connectivity index (χ0n) is 39.7. The molecule has 6 heteroatoms. The molecule has 58 heavy (non-hydrogen) atoms. The molecule has 0 saturated heterocycles. The van der Waals surface area contributed by atoms with Gasteiger partial charge in [0.2, 0.25) is 0 Å². The molecule has 0 aromatic rings. The van der Waals surface area contributed by atoms with Crippen LogP contribution in [0, 0.1) is 11.8 Å². The normalized spacial score (nSPS) is 12.5. The van der Waals surface area contributed by atoms with Crippen LogP contribution >= 0.6 is 0 Å². The minimum Gasteiger partial charge on any atom is -0.462 e. The second-order valence-electron chi connectivity index (χ2n) is 18.5. The van der Waals surface area contributed by atoms with Crippen molar-refractivity contribution in [3.63, 3.8) is 0 Å². The van der Waals surface area contributed by atoms with Gasteiger partial charge in [0.1, 0.15) is 13.2 Å². The van der Waals surface area contributed by atoms with Crippen LogP contribution in [0.5, 0.6) is 0 Å². The molecule has 0 aliphatic carbocycles. The average molecular weight is 821 g/mol. The predicted molar refractivity (Wildman–Crippen MR) is 247 cm³/mol. The molecule has 0 aliphatic rings. The lowest BCUT2D eigenvalue weighted by Crippen LogP contribution is -2.30. The first-order chi connectivity index (χ1) is 28.3. The highest BCUT2D eigenvalue weighted by molar-refractivity contribution is 5.71. The molecule has 0 heterocycles. The van der Waals surface area contributed by atoms with E-state index in [9.17, 15) is 14.4 Å². The fourth-order valence-corrected chi connectivity index (χ4v) is 7.78. The molecule has 0 aliphatic heterocycles. The van der Waals surface area contributed by atoms with Crippen molar-refractivity contribution < 1.29 is 28.6 Å². The summed E-state index contributed by atoms with van der Waals surface area (Å²) in [6.45, 7) is 11.4. The molecule has 6 nitrogen and oxygen atoms in total. The zero-order valence-corrected chi connectivity index (χ0v) is 39.7. The van der Waals surface area contributed by atoms with E-state index in [1.54, 1.807) is 0 Å². The maximum atomic E-state index is 12.8. The fourth-order valence-electron chi connectivity index (χ4n) is 7.78. The van der Waals surface area contributed by atoms with E-state index in [-0.39, 0.29) is 31.1 Å². The second-order valence-corrected chi connectivity index (χ2v) is 18.5. The lowest BCUT2D eigenvalue weighted by atomic mass is 10.00. The van der Waals surface area contributed by atoms with Crippen molar-refractivity contribution in [1.82, 2.24) is 0 Å². The zero-order chi connectivity index (χ0) is 42.6. The first-order valence-corrected chi connectivity index (χ1v) is 25.8. The van der Waals surface area contributed by atoms with Gasteiger partial charge in [0, 0.05) is 19.3 Å². The summed E-state index contributed by atoms with van der Waals surface area (Å²) >= 11 is 0. The van der Waals surface area contributed by atoms with Crippen LogP contribution in [0.15, 0.2) is 0 Å². The Bertz CT molecular complexity index is 887. The topological polar surface area (TPSA) is 78.9 Å². The van der Waals surface area contributed by atoms with Gasteiger partial charge in [-0.25, -0.2) is 0 Å². The molecule has 2 atom stereocenters. The van der Waals surface area contributed by atoms with E-state index in [1.165, 1.54) is 173 Å². The Morgan fingerprint density at radius 1 is 0.362 bits per heavy atom. The highest BCUT2D eigenvalue weighted by Gasteiger charge is 2.19. The molecule has 0 N–H and O–H groups in total. The van der Waals surface area contributed by atoms with Gasteiger partial charge in [-0.05, 0) is 31.1 Å². The van der Waals surface area contributed by atoms with Crippen LogP contribution in [0.1, 0.15) is 285 Å². The Balaban J connectivity index is 4.25. The minimum atomic E-state index is -0.761. The van der Waals surface area contributed by atoms with Crippen molar-refractivity contribution in [1.29, 1.82) is 0 Å². The number of hydrogen-bond donors (Lipinski definition) is 0. The quantitative estimate of drug-likeness (QED) is 0.0346. The fraction of sp³-hybridized carbons (Fsp3) is 0.942. The first kappa shape index (κ1) is 56.4. The van der Waals surface area contributed by atoms with Crippen LogP contribution in [0.2, 0.25) is 0 Å². The molecule has 0 radical (unpaired) electrons. The van der Waals surface area contributed by atoms with Crippen LogP contribution in [-0.4, -0.2) is 37.2 Å². The van der Waals surface area contributed by atoms with Gasteiger partial charge in [-0.2, -0.15) is 0 Å². The van der Waals surface area contributed by atoms with E-state index in [2.05, 4.69) is 34.6 Å². The lowest BCUT2D eigenvalue weighted by molar-refractivity contribution is -0.167. The van der Waals surface area contributed by atoms with Crippen LogP contribution in [0.4, 0.5) is 0 Å². The van der Waals surface area contributed by atoms with Crippen LogP contribution in [0.3, 0.4) is 0 Å². The van der Waals surface area contributed by atoms with Gasteiger partial charge in [0.25, 0.3) is 0 Å². The molecule has 0 amide bonds. The van der Waals surface area contributed by atoms with Crippen molar-refractivity contribution in [2.45, 2.75) is 291 Å². The van der Waals surface area contributed by atoms with Gasteiger partial charge in [-0.3, -0.25) is 14.4 Å². The van der Waals surface area contributed by atoms with Crippen LogP contribution < -0.4 is 0 Å². The SMILES string of the molecule is CCCCCCCCCCCCCC(=O)OC[C@H](COC(=O)CCCCCCCCC(C)CC)OC(=O)CCCCCCCCCCCCCCCCCCC(C)C.